The first-order valence-electron chi connectivity index (χ1n) is 7.31. The molecule has 0 saturated heterocycles. The molecule has 0 atom stereocenters. The number of pyridine rings is 1. The summed E-state index contributed by atoms with van der Waals surface area (Å²) in [6.07, 6.45) is 9.06. The van der Waals surface area contributed by atoms with Gasteiger partial charge in [-0.15, -0.1) is 0 Å². The molecular weight excluding hydrogens is 280 g/mol. The summed E-state index contributed by atoms with van der Waals surface area (Å²) < 4.78 is 7.12. The van der Waals surface area contributed by atoms with Gasteiger partial charge in [0.05, 0.1) is 24.4 Å². The molecule has 1 amide bonds. The highest BCUT2D eigenvalue weighted by atomic mass is 16.3. The van der Waals surface area contributed by atoms with Crippen LogP contribution in [0.2, 0.25) is 0 Å². The maximum Gasteiger partial charge on any atom is 0.255 e. The molecule has 3 heterocycles. The Morgan fingerprint density at radius 2 is 2.32 bits per heavy atom. The van der Waals surface area contributed by atoms with Crippen molar-refractivity contribution in [2.45, 2.75) is 25.4 Å². The Morgan fingerprint density at radius 1 is 1.45 bits per heavy atom. The maximum atomic E-state index is 12.5. The molecule has 3 aromatic rings. The summed E-state index contributed by atoms with van der Waals surface area (Å²) in [6.45, 7) is 0.504. The number of hydrogen-bond donors (Lipinski definition) is 0. The molecule has 3 aromatic heterocycles. The van der Waals surface area contributed by atoms with E-state index >= 15 is 0 Å². The quantitative estimate of drug-likeness (QED) is 0.742. The fraction of sp³-hybridized carbons (Fsp3) is 0.312. The number of furan rings is 1. The molecule has 1 saturated carbocycles. The first kappa shape index (κ1) is 13.1. The lowest BCUT2D eigenvalue weighted by Crippen LogP contribution is -2.26. The number of amides is 1. The minimum Gasteiger partial charge on any atom is -0.472 e. The lowest BCUT2D eigenvalue weighted by Gasteiger charge is -2.16. The van der Waals surface area contributed by atoms with Crippen molar-refractivity contribution in [3.63, 3.8) is 0 Å². The van der Waals surface area contributed by atoms with Crippen molar-refractivity contribution >= 4 is 17.1 Å². The van der Waals surface area contributed by atoms with Crippen LogP contribution in [0.1, 0.15) is 34.8 Å². The average molecular weight is 296 g/mol. The smallest absolute Gasteiger partial charge is 0.255 e. The third kappa shape index (κ3) is 2.26. The Hall–Kier alpha value is -2.63. The monoisotopic (exact) mass is 296 g/mol. The van der Waals surface area contributed by atoms with E-state index in [0.717, 1.165) is 16.7 Å². The van der Waals surface area contributed by atoms with Crippen molar-refractivity contribution < 1.29 is 9.21 Å². The number of aromatic nitrogens is 3. The predicted octanol–water partition coefficient (Wildman–Crippen LogP) is 2.63. The second-order valence-electron chi connectivity index (χ2n) is 5.74. The minimum absolute atomic E-state index is 0.0726. The van der Waals surface area contributed by atoms with Crippen molar-refractivity contribution in [3.8, 4) is 0 Å². The topological polar surface area (TPSA) is 64.2 Å². The zero-order chi connectivity index (χ0) is 15.1. The van der Waals surface area contributed by atoms with Crippen LogP contribution in [-0.2, 0) is 6.54 Å². The van der Waals surface area contributed by atoms with Crippen molar-refractivity contribution in [2.75, 3.05) is 7.05 Å². The summed E-state index contributed by atoms with van der Waals surface area (Å²) in [6, 6.07) is 4.20. The van der Waals surface area contributed by atoms with Crippen LogP contribution >= 0.6 is 0 Å². The predicted molar refractivity (Wildman–Crippen MR) is 80.3 cm³/mol. The molecule has 0 bridgehead atoms. The van der Waals surface area contributed by atoms with Crippen LogP contribution in [-0.4, -0.2) is 32.4 Å². The van der Waals surface area contributed by atoms with Gasteiger partial charge in [0, 0.05) is 31.4 Å². The van der Waals surface area contributed by atoms with Gasteiger partial charge in [0.1, 0.15) is 5.52 Å². The highest BCUT2D eigenvalue weighted by Crippen LogP contribution is 2.36. The number of carbonyl (C=O) groups is 1. The third-order valence-electron chi connectivity index (χ3n) is 3.95. The Labute approximate surface area is 127 Å². The van der Waals surface area contributed by atoms with Gasteiger partial charge in [-0.1, -0.05) is 0 Å². The molecule has 0 N–H and O–H groups in total. The standard InChI is InChI=1S/C16H16N4O2/c1-19(8-11-4-5-22-9-11)16(21)12-6-14-15(17-7-12)20(10-18-14)13-2-3-13/h4-7,9-10,13H,2-3,8H2,1H3. The van der Waals surface area contributed by atoms with Crippen molar-refractivity contribution in [3.05, 3.63) is 48.3 Å². The van der Waals surface area contributed by atoms with Crippen molar-refractivity contribution in [1.82, 2.24) is 19.4 Å². The largest absolute Gasteiger partial charge is 0.472 e. The molecule has 1 aliphatic carbocycles. The second-order valence-corrected chi connectivity index (χ2v) is 5.74. The van der Waals surface area contributed by atoms with Crippen LogP contribution < -0.4 is 0 Å². The number of nitrogens with zero attached hydrogens (tertiary/aromatic N) is 4. The van der Waals surface area contributed by atoms with E-state index in [9.17, 15) is 4.79 Å². The molecule has 0 unspecified atom stereocenters. The Balaban J connectivity index is 1.58. The summed E-state index contributed by atoms with van der Waals surface area (Å²) in [4.78, 5) is 22.9. The van der Waals surface area contributed by atoms with Gasteiger partial charge in [-0.3, -0.25) is 4.79 Å². The molecule has 1 fully saturated rings. The Morgan fingerprint density at radius 3 is 3.05 bits per heavy atom. The van der Waals surface area contributed by atoms with E-state index in [4.69, 9.17) is 4.42 Å². The molecule has 1 aliphatic rings. The van der Waals surface area contributed by atoms with Gasteiger partial charge in [-0.2, -0.15) is 0 Å². The van der Waals surface area contributed by atoms with Crippen LogP contribution in [0, 0.1) is 0 Å². The lowest BCUT2D eigenvalue weighted by molar-refractivity contribution is 0.0784. The lowest BCUT2D eigenvalue weighted by atomic mass is 10.2. The molecule has 0 spiro atoms. The molecule has 112 valence electrons. The highest BCUT2D eigenvalue weighted by Gasteiger charge is 2.26. The van der Waals surface area contributed by atoms with Gasteiger partial charge < -0.3 is 13.9 Å². The van der Waals surface area contributed by atoms with Gasteiger partial charge in [0.15, 0.2) is 5.65 Å². The second kappa shape index (κ2) is 4.98. The molecule has 0 radical (unpaired) electrons. The van der Waals surface area contributed by atoms with Gasteiger partial charge >= 0.3 is 0 Å². The summed E-state index contributed by atoms with van der Waals surface area (Å²) in [5.74, 6) is -0.0726. The molecular formula is C16H16N4O2. The first-order chi connectivity index (χ1) is 10.7. The van der Waals surface area contributed by atoms with Crippen LogP contribution in [0.4, 0.5) is 0 Å². The van der Waals surface area contributed by atoms with E-state index in [1.165, 1.54) is 12.8 Å². The van der Waals surface area contributed by atoms with Crippen molar-refractivity contribution in [2.24, 2.45) is 0 Å². The number of carbonyl (C=O) groups excluding carboxylic acids is 1. The van der Waals surface area contributed by atoms with E-state index in [1.807, 2.05) is 18.5 Å². The SMILES string of the molecule is CN(Cc1ccoc1)C(=O)c1cnc2c(c1)ncn2C1CC1. The molecule has 0 aromatic carbocycles. The Kier molecular flexibility index (Phi) is 2.96. The maximum absolute atomic E-state index is 12.5. The molecule has 22 heavy (non-hydrogen) atoms. The highest BCUT2D eigenvalue weighted by molar-refractivity contribution is 5.96. The third-order valence-corrected chi connectivity index (χ3v) is 3.95. The fourth-order valence-electron chi connectivity index (χ4n) is 2.60. The fourth-order valence-corrected chi connectivity index (χ4v) is 2.60. The van der Waals surface area contributed by atoms with Gasteiger partial charge in [-0.05, 0) is 25.0 Å². The normalized spacial score (nSPS) is 14.4. The van der Waals surface area contributed by atoms with E-state index in [1.54, 1.807) is 30.7 Å². The number of hydrogen-bond acceptors (Lipinski definition) is 4. The van der Waals surface area contributed by atoms with Crippen LogP contribution in [0.15, 0.2) is 41.6 Å². The molecule has 6 heteroatoms. The van der Waals surface area contributed by atoms with Crippen LogP contribution in [0.3, 0.4) is 0 Å². The van der Waals surface area contributed by atoms with Gasteiger partial charge in [-0.25, -0.2) is 9.97 Å². The van der Waals surface area contributed by atoms with Gasteiger partial charge in [0.25, 0.3) is 5.91 Å². The number of fused-ring (bicyclic) bond motifs is 1. The van der Waals surface area contributed by atoms with Crippen molar-refractivity contribution in [1.29, 1.82) is 0 Å². The summed E-state index contributed by atoms with van der Waals surface area (Å²) in [5.41, 5.74) is 3.15. The minimum atomic E-state index is -0.0726. The number of imidazole rings is 1. The van der Waals surface area contributed by atoms with E-state index in [0.29, 0.717) is 18.2 Å². The summed E-state index contributed by atoms with van der Waals surface area (Å²) in [5, 5.41) is 0. The molecule has 0 aliphatic heterocycles. The summed E-state index contributed by atoms with van der Waals surface area (Å²) >= 11 is 0. The molecule has 6 nitrogen and oxygen atoms in total. The Bertz CT molecular complexity index is 818. The summed E-state index contributed by atoms with van der Waals surface area (Å²) in [7, 11) is 1.77. The average Bonchev–Trinajstić information content (AvgIpc) is 3.08. The number of rotatable bonds is 4. The van der Waals surface area contributed by atoms with Gasteiger partial charge in [0.2, 0.25) is 0 Å². The van der Waals surface area contributed by atoms with Crippen LogP contribution in [0.5, 0.6) is 0 Å². The molecule has 4 rings (SSSR count). The van der Waals surface area contributed by atoms with E-state index in [2.05, 4.69) is 14.5 Å². The zero-order valence-electron chi connectivity index (χ0n) is 12.3. The van der Waals surface area contributed by atoms with Crippen LogP contribution in [0.25, 0.3) is 11.2 Å². The van der Waals surface area contributed by atoms with E-state index in [-0.39, 0.29) is 5.91 Å². The first-order valence-corrected chi connectivity index (χ1v) is 7.31. The zero-order valence-corrected chi connectivity index (χ0v) is 12.3. The van der Waals surface area contributed by atoms with E-state index < -0.39 is 0 Å².